The highest BCUT2D eigenvalue weighted by Crippen LogP contribution is 2.38. The van der Waals surface area contributed by atoms with E-state index in [1.165, 1.54) is 7.11 Å². The zero-order chi connectivity index (χ0) is 13.3. The first kappa shape index (κ1) is 12.6. The Kier molecular flexibility index (Phi) is 3.36. The molecule has 0 heterocycles. The Morgan fingerprint density at radius 3 is 2.61 bits per heavy atom. The normalized spacial score (nSPS) is 21.3. The maximum Gasteiger partial charge on any atom is 0.339 e. The minimum absolute atomic E-state index is 0.0171. The largest absolute Gasteiger partial charge is 0.465 e. The Morgan fingerprint density at radius 1 is 1.39 bits per heavy atom. The number of benzene rings is 1. The van der Waals surface area contributed by atoms with Gasteiger partial charge in [-0.3, -0.25) is 4.79 Å². The third-order valence-corrected chi connectivity index (χ3v) is 3.28. The second kappa shape index (κ2) is 4.80. The van der Waals surface area contributed by atoms with Crippen LogP contribution in [0.3, 0.4) is 0 Å². The maximum atomic E-state index is 11.9. The molecule has 1 fully saturated rings. The molecule has 18 heavy (non-hydrogen) atoms. The molecule has 1 aliphatic rings. The Labute approximate surface area is 106 Å². The maximum absolute atomic E-state index is 11.9. The summed E-state index contributed by atoms with van der Waals surface area (Å²) in [6, 6.07) is 5.32. The number of ether oxygens (including phenoxy) is 1. The highest BCUT2D eigenvalue weighted by Gasteiger charge is 2.39. The summed E-state index contributed by atoms with van der Waals surface area (Å²) in [5.41, 5.74) is 1.88. The van der Waals surface area contributed by atoms with Gasteiger partial charge in [0.05, 0.1) is 18.4 Å². The molecule has 0 aliphatic heterocycles. The number of esters is 1. The van der Waals surface area contributed by atoms with Crippen molar-refractivity contribution < 1.29 is 14.3 Å². The van der Waals surface area contributed by atoms with Gasteiger partial charge in [-0.15, -0.1) is 0 Å². The highest BCUT2D eigenvalue weighted by atomic mass is 16.5. The van der Waals surface area contributed by atoms with Crippen LogP contribution in [0.15, 0.2) is 18.2 Å². The number of hydrogen-bond donors (Lipinski definition) is 1. The van der Waals surface area contributed by atoms with Crippen LogP contribution in [0.1, 0.15) is 29.3 Å². The van der Waals surface area contributed by atoms with Crippen molar-refractivity contribution in [3.05, 3.63) is 29.3 Å². The number of carbonyl (C=O) groups is 2. The summed E-state index contributed by atoms with van der Waals surface area (Å²) in [7, 11) is 1.33. The lowest BCUT2D eigenvalue weighted by Gasteiger charge is -2.10. The molecule has 0 spiro atoms. The molecule has 4 heteroatoms. The zero-order valence-corrected chi connectivity index (χ0v) is 10.8. The van der Waals surface area contributed by atoms with Crippen molar-refractivity contribution in [3.8, 4) is 0 Å². The molecule has 0 radical (unpaired) electrons. The minimum atomic E-state index is -0.433. The molecular weight excluding hydrogens is 230 g/mol. The van der Waals surface area contributed by atoms with Crippen LogP contribution in [-0.4, -0.2) is 19.0 Å². The molecule has 2 atom stereocenters. The average molecular weight is 247 g/mol. The molecule has 1 saturated carbocycles. The van der Waals surface area contributed by atoms with Crippen LogP contribution < -0.4 is 5.32 Å². The molecule has 0 bridgehead atoms. The molecule has 1 aromatic rings. The number of carbonyl (C=O) groups excluding carboxylic acids is 2. The lowest BCUT2D eigenvalue weighted by atomic mass is 10.1. The molecule has 0 aromatic heterocycles. The summed E-state index contributed by atoms with van der Waals surface area (Å²) in [6.45, 7) is 3.93. The first-order valence-corrected chi connectivity index (χ1v) is 6.02. The van der Waals surface area contributed by atoms with E-state index in [2.05, 4.69) is 5.32 Å². The number of rotatable bonds is 3. The third-order valence-electron chi connectivity index (χ3n) is 3.28. The summed E-state index contributed by atoms with van der Waals surface area (Å²) < 4.78 is 4.72. The van der Waals surface area contributed by atoms with E-state index in [1.54, 1.807) is 12.1 Å². The molecule has 96 valence electrons. The first-order chi connectivity index (χ1) is 8.52. The fraction of sp³-hybridized carbons (Fsp3) is 0.429. The lowest BCUT2D eigenvalue weighted by Crippen LogP contribution is -2.17. The van der Waals surface area contributed by atoms with Crippen LogP contribution in [0.5, 0.6) is 0 Å². The van der Waals surface area contributed by atoms with Gasteiger partial charge in [-0.25, -0.2) is 4.79 Å². The summed E-state index contributed by atoms with van der Waals surface area (Å²) in [5, 5.41) is 2.81. The first-order valence-electron chi connectivity index (χ1n) is 6.02. The fourth-order valence-electron chi connectivity index (χ4n) is 1.96. The molecule has 2 unspecified atom stereocenters. The smallest absolute Gasteiger partial charge is 0.339 e. The van der Waals surface area contributed by atoms with Gasteiger partial charge < -0.3 is 10.1 Å². The molecule has 1 amide bonds. The number of nitrogens with one attached hydrogen (secondary N) is 1. The van der Waals surface area contributed by atoms with Crippen molar-refractivity contribution in [2.24, 2.45) is 11.8 Å². The Hall–Kier alpha value is -1.84. The monoisotopic (exact) mass is 247 g/mol. The van der Waals surface area contributed by atoms with Gasteiger partial charge >= 0.3 is 5.97 Å². The van der Waals surface area contributed by atoms with Crippen molar-refractivity contribution in [1.29, 1.82) is 0 Å². The van der Waals surface area contributed by atoms with Crippen LogP contribution in [0.4, 0.5) is 5.69 Å². The van der Waals surface area contributed by atoms with Crippen molar-refractivity contribution in [1.82, 2.24) is 0 Å². The number of aryl methyl sites for hydroxylation is 1. The Balaban J connectivity index is 2.21. The van der Waals surface area contributed by atoms with Crippen LogP contribution in [0.25, 0.3) is 0 Å². The predicted molar refractivity (Wildman–Crippen MR) is 68.4 cm³/mol. The van der Waals surface area contributed by atoms with Crippen LogP contribution in [-0.2, 0) is 9.53 Å². The van der Waals surface area contributed by atoms with Crippen molar-refractivity contribution in [3.63, 3.8) is 0 Å². The topological polar surface area (TPSA) is 55.4 Å². The molecule has 4 nitrogen and oxygen atoms in total. The van der Waals surface area contributed by atoms with Gasteiger partial charge in [0.25, 0.3) is 0 Å². The molecule has 1 aromatic carbocycles. The van der Waals surface area contributed by atoms with Crippen molar-refractivity contribution in [2.75, 3.05) is 12.4 Å². The van der Waals surface area contributed by atoms with Gasteiger partial charge in [0.15, 0.2) is 0 Å². The summed E-state index contributed by atoms with van der Waals surface area (Å²) in [5.74, 6) is 0.0724. The minimum Gasteiger partial charge on any atom is -0.465 e. The van der Waals surface area contributed by atoms with E-state index in [0.717, 1.165) is 12.0 Å². The van der Waals surface area contributed by atoms with Gasteiger partial charge in [-0.05, 0) is 31.4 Å². The standard InChI is InChI=1S/C14H17NO3/c1-8-4-5-12(11(6-8)14(17)18-3)15-13(16)10-7-9(10)2/h4-6,9-10H,7H2,1-3H3,(H,15,16). The summed E-state index contributed by atoms with van der Waals surface area (Å²) >= 11 is 0. The van der Waals surface area contributed by atoms with Crippen LogP contribution >= 0.6 is 0 Å². The quantitative estimate of drug-likeness (QED) is 0.834. The second-order valence-electron chi connectivity index (χ2n) is 4.85. The van der Waals surface area contributed by atoms with Gasteiger partial charge in [0.2, 0.25) is 5.91 Å². The SMILES string of the molecule is COC(=O)c1cc(C)ccc1NC(=O)C1CC1C. The Morgan fingerprint density at radius 2 is 2.06 bits per heavy atom. The zero-order valence-electron chi connectivity index (χ0n) is 10.8. The number of anilines is 1. The Bertz CT molecular complexity index is 496. The van der Waals surface area contributed by atoms with E-state index in [-0.39, 0.29) is 11.8 Å². The van der Waals surface area contributed by atoms with Gasteiger partial charge in [-0.1, -0.05) is 18.6 Å². The highest BCUT2D eigenvalue weighted by molar-refractivity contribution is 6.02. The van der Waals surface area contributed by atoms with E-state index in [1.807, 2.05) is 19.9 Å². The van der Waals surface area contributed by atoms with Crippen LogP contribution in [0, 0.1) is 18.8 Å². The van der Waals surface area contributed by atoms with E-state index in [4.69, 9.17) is 4.74 Å². The second-order valence-corrected chi connectivity index (χ2v) is 4.85. The number of methoxy groups -OCH3 is 1. The molecule has 0 saturated heterocycles. The van der Waals surface area contributed by atoms with Crippen LogP contribution in [0.2, 0.25) is 0 Å². The molecular formula is C14H17NO3. The van der Waals surface area contributed by atoms with E-state index >= 15 is 0 Å². The van der Waals surface area contributed by atoms with Gasteiger partial charge in [-0.2, -0.15) is 0 Å². The predicted octanol–water partition coefficient (Wildman–Crippen LogP) is 2.38. The fourth-order valence-corrected chi connectivity index (χ4v) is 1.96. The summed E-state index contributed by atoms with van der Waals surface area (Å²) in [4.78, 5) is 23.5. The van der Waals surface area contributed by atoms with Crippen molar-refractivity contribution in [2.45, 2.75) is 20.3 Å². The van der Waals surface area contributed by atoms with E-state index in [9.17, 15) is 9.59 Å². The number of hydrogen-bond acceptors (Lipinski definition) is 3. The third kappa shape index (κ3) is 2.53. The van der Waals surface area contributed by atoms with E-state index < -0.39 is 5.97 Å². The molecule has 1 aliphatic carbocycles. The van der Waals surface area contributed by atoms with E-state index in [0.29, 0.717) is 17.2 Å². The van der Waals surface area contributed by atoms with Crippen molar-refractivity contribution >= 4 is 17.6 Å². The summed E-state index contributed by atoms with van der Waals surface area (Å²) in [6.07, 6.45) is 0.922. The molecule has 1 N–H and O–H groups in total. The lowest BCUT2D eigenvalue weighted by molar-refractivity contribution is -0.117. The average Bonchev–Trinajstić information content (AvgIpc) is 3.07. The van der Waals surface area contributed by atoms with Gasteiger partial charge in [0.1, 0.15) is 0 Å². The number of amides is 1. The molecule has 2 rings (SSSR count). The van der Waals surface area contributed by atoms with Gasteiger partial charge in [0, 0.05) is 5.92 Å².